The number of ether oxygens (including phenoxy) is 1. The number of nitrogens with zero attached hydrogens (tertiary/aromatic N) is 6. The maximum Gasteiger partial charge on any atom is 0.306 e. The molecule has 2 atom stereocenters. The van der Waals surface area contributed by atoms with Gasteiger partial charge >= 0.3 is 5.97 Å². The highest BCUT2D eigenvalue weighted by Gasteiger charge is 2.38. The van der Waals surface area contributed by atoms with E-state index in [1.165, 1.54) is 29.4 Å². The lowest BCUT2D eigenvalue weighted by atomic mass is 10.1. The van der Waals surface area contributed by atoms with Crippen molar-refractivity contribution in [1.82, 2.24) is 30.5 Å². The van der Waals surface area contributed by atoms with Crippen molar-refractivity contribution < 1.29 is 23.5 Å². The zero-order chi connectivity index (χ0) is 26.4. The molecule has 0 saturated heterocycles. The van der Waals surface area contributed by atoms with Gasteiger partial charge in [-0.25, -0.2) is 14.1 Å². The molecular weight excluding hydrogens is 505 g/mol. The summed E-state index contributed by atoms with van der Waals surface area (Å²) in [5.41, 5.74) is 1.52. The number of hydrazone groups is 1. The number of benzene rings is 2. The van der Waals surface area contributed by atoms with E-state index in [4.69, 9.17) is 16.3 Å². The summed E-state index contributed by atoms with van der Waals surface area (Å²) >= 11 is 6.14. The second-order valence-corrected chi connectivity index (χ2v) is 8.59. The lowest BCUT2D eigenvalue weighted by Gasteiger charge is -2.26. The molecule has 0 saturated carbocycles. The van der Waals surface area contributed by atoms with E-state index < -0.39 is 35.7 Å². The summed E-state index contributed by atoms with van der Waals surface area (Å²) in [6.45, 7) is 1.87. The van der Waals surface area contributed by atoms with Crippen molar-refractivity contribution in [2.45, 2.75) is 44.9 Å². The number of hydrogen-bond acceptors (Lipinski definition) is 8. The molecule has 2 amide bonds. The predicted octanol–water partition coefficient (Wildman–Crippen LogP) is 2.74. The van der Waals surface area contributed by atoms with Crippen LogP contribution < -0.4 is 5.32 Å². The highest BCUT2D eigenvalue weighted by molar-refractivity contribution is 6.30. The molecule has 37 heavy (non-hydrogen) atoms. The zero-order valence-electron chi connectivity index (χ0n) is 19.8. The Bertz CT molecular complexity index is 1300. The van der Waals surface area contributed by atoms with Crippen LogP contribution >= 0.6 is 11.6 Å². The number of tetrazole rings is 1. The van der Waals surface area contributed by atoms with E-state index in [0.29, 0.717) is 22.7 Å². The number of aromatic nitrogens is 4. The van der Waals surface area contributed by atoms with Crippen LogP contribution in [-0.4, -0.2) is 55.3 Å². The molecule has 13 heteroatoms. The van der Waals surface area contributed by atoms with Crippen LogP contribution in [0.4, 0.5) is 4.39 Å². The third kappa shape index (κ3) is 6.15. The number of carbonyl (C=O) groups is 3. The molecule has 2 aromatic carbocycles. The molecule has 0 radical (unpaired) electrons. The van der Waals surface area contributed by atoms with Gasteiger partial charge in [0.2, 0.25) is 12.0 Å². The van der Waals surface area contributed by atoms with Crippen molar-refractivity contribution in [1.29, 1.82) is 0 Å². The molecule has 1 unspecified atom stereocenters. The molecule has 1 N–H and O–H groups in total. The summed E-state index contributed by atoms with van der Waals surface area (Å²) in [5, 5.41) is 19.4. The fourth-order valence-corrected chi connectivity index (χ4v) is 3.94. The number of esters is 1. The Morgan fingerprint density at radius 3 is 2.70 bits per heavy atom. The first-order valence-electron chi connectivity index (χ1n) is 11.5. The van der Waals surface area contributed by atoms with Gasteiger partial charge in [-0.1, -0.05) is 30.7 Å². The normalized spacial score (nSPS) is 15.4. The molecule has 1 aliphatic rings. The van der Waals surface area contributed by atoms with E-state index in [2.05, 4.69) is 25.9 Å². The Hall–Kier alpha value is -4.19. The van der Waals surface area contributed by atoms with E-state index in [0.717, 1.165) is 17.1 Å². The Morgan fingerprint density at radius 1 is 1.22 bits per heavy atom. The van der Waals surface area contributed by atoms with E-state index in [9.17, 15) is 18.8 Å². The average Bonchev–Trinajstić information content (AvgIpc) is 3.59. The lowest BCUT2D eigenvalue weighted by Crippen LogP contribution is -2.46. The van der Waals surface area contributed by atoms with Crippen LogP contribution in [0, 0.1) is 5.82 Å². The van der Waals surface area contributed by atoms with Crippen LogP contribution in [0.25, 0.3) is 5.69 Å². The van der Waals surface area contributed by atoms with Gasteiger partial charge in [-0.05, 0) is 52.7 Å². The van der Waals surface area contributed by atoms with Gasteiger partial charge in [0.05, 0.1) is 5.69 Å². The summed E-state index contributed by atoms with van der Waals surface area (Å²) in [4.78, 5) is 38.8. The van der Waals surface area contributed by atoms with Crippen molar-refractivity contribution >= 4 is 35.6 Å². The number of rotatable bonds is 9. The molecule has 2 heterocycles. The van der Waals surface area contributed by atoms with Crippen molar-refractivity contribution in [3.8, 4) is 5.69 Å². The number of carbonyl (C=O) groups excluding carboxylic acids is 3. The van der Waals surface area contributed by atoms with Crippen LogP contribution in [0.3, 0.4) is 0 Å². The van der Waals surface area contributed by atoms with Crippen LogP contribution in [-0.2, 0) is 25.7 Å². The predicted molar refractivity (Wildman–Crippen MR) is 130 cm³/mol. The SMILES string of the molecule is CCCC(=O)OC(C(=O)N1N=CC[C@H]1C(=O)NCc1cc(Cl)ccc1-n1cnnn1)c1ccc(F)cc1. The van der Waals surface area contributed by atoms with Crippen molar-refractivity contribution in [2.24, 2.45) is 5.10 Å². The van der Waals surface area contributed by atoms with Crippen LogP contribution in [0.1, 0.15) is 43.4 Å². The molecule has 3 aromatic rings. The highest BCUT2D eigenvalue weighted by Crippen LogP contribution is 2.26. The zero-order valence-corrected chi connectivity index (χ0v) is 20.5. The summed E-state index contributed by atoms with van der Waals surface area (Å²) in [6.07, 6.45) is 2.24. The van der Waals surface area contributed by atoms with Crippen molar-refractivity contribution in [3.05, 3.63) is 70.8 Å². The van der Waals surface area contributed by atoms with Gasteiger partial charge in [0, 0.05) is 36.2 Å². The minimum atomic E-state index is -1.38. The Balaban J connectivity index is 1.50. The summed E-state index contributed by atoms with van der Waals surface area (Å²) in [7, 11) is 0. The monoisotopic (exact) mass is 527 g/mol. The second-order valence-electron chi connectivity index (χ2n) is 8.15. The van der Waals surface area contributed by atoms with Gasteiger partial charge in [-0.15, -0.1) is 5.10 Å². The van der Waals surface area contributed by atoms with E-state index in [1.807, 2.05) is 0 Å². The van der Waals surface area contributed by atoms with Crippen molar-refractivity contribution in [2.75, 3.05) is 0 Å². The van der Waals surface area contributed by atoms with Gasteiger partial charge in [0.1, 0.15) is 18.2 Å². The smallest absolute Gasteiger partial charge is 0.306 e. The largest absolute Gasteiger partial charge is 0.447 e. The van der Waals surface area contributed by atoms with E-state index in [-0.39, 0.29) is 24.9 Å². The second kappa shape index (κ2) is 11.7. The molecule has 0 bridgehead atoms. The molecule has 1 aliphatic heterocycles. The highest BCUT2D eigenvalue weighted by atomic mass is 35.5. The van der Waals surface area contributed by atoms with E-state index >= 15 is 0 Å². The van der Waals surface area contributed by atoms with Gasteiger partial charge in [-0.2, -0.15) is 5.10 Å². The fraction of sp³-hybridized carbons (Fsp3) is 0.292. The number of amides is 2. The third-order valence-electron chi connectivity index (χ3n) is 5.55. The number of hydrogen-bond donors (Lipinski definition) is 1. The summed E-state index contributed by atoms with van der Waals surface area (Å²) in [6, 6.07) is 9.11. The maximum atomic E-state index is 13.5. The summed E-state index contributed by atoms with van der Waals surface area (Å²) < 4.78 is 20.3. The first-order chi connectivity index (χ1) is 17.9. The Kier molecular flexibility index (Phi) is 8.18. The number of halogens is 2. The van der Waals surface area contributed by atoms with Crippen LogP contribution in [0.15, 0.2) is 53.9 Å². The minimum Gasteiger partial charge on any atom is -0.447 e. The van der Waals surface area contributed by atoms with Gasteiger partial charge in [0.15, 0.2) is 0 Å². The lowest BCUT2D eigenvalue weighted by molar-refractivity contribution is -0.162. The van der Waals surface area contributed by atoms with Gasteiger partial charge < -0.3 is 10.1 Å². The molecule has 4 rings (SSSR count). The maximum absolute atomic E-state index is 13.5. The first kappa shape index (κ1) is 25.9. The Morgan fingerprint density at radius 2 is 2.00 bits per heavy atom. The molecule has 192 valence electrons. The summed E-state index contributed by atoms with van der Waals surface area (Å²) in [5.74, 6) is -2.30. The number of nitrogens with one attached hydrogen (secondary N) is 1. The standard InChI is InChI=1S/C24H23ClFN7O4/c1-2-3-21(34)37-22(15-4-7-18(26)8-5-15)24(36)33-20(10-11-29-33)23(35)27-13-16-12-17(25)6-9-19(16)32-14-28-30-31-32/h4-9,11-12,14,20,22H,2-3,10,13H2,1H3,(H,27,35)/t20-,22?/m0/s1. The molecule has 0 aliphatic carbocycles. The Labute approximate surface area is 216 Å². The molecular formula is C24H23ClFN7O4. The fourth-order valence-electron chi connectivity index (χ4n) is 3.75. The van der Waals surface area contributed by atoms with Gasteiger partial charge in [-0.3, -0.25) is 14.4 Å². The van der Waals surface area contributed by atoms with Crippen molar-refractivity contribution in [3.63, 3.8) is 0 Å². The van der Waals surface area contributed by atoms with E-state index in [1.54, 1.807) is 25.1 Å². The molecule has 0 spiro atoms. The first-order valence-corrected chi connectivity index (χ1v) is 11.8. The van der Waals surface area contributed by atoms with Gasteiger partial charge in [0.25, 0.3) is 5.91 Å². The molecule has 0 fully saturated rings. The molecule has 11 nitrogen and oxygen atoms in total. The molecule has 1 aromatic heterocycles. The minimum absolute atomic E-state index is 0.0694. The third-order valence-corrected chi connectivity index (χ3v) is 5.78. The quantitative estimate of drug-likeness (QED) is 0.423. The van der Waals surface area contributed by atoms with Crippen LogP contribution in [0.2, 0.25) is 5.02 Å². The average molecular weight is 528 g/mol. The topological polar surface area (TPSA) is 132 Å². The van der Waals surface area contributed by atoms with Crippen LogP contribution in [0.5, 0.6) is 0 Å².